The van der Waals surface area contributed by atoms with Crippen molar-refractivity contribution >= 4 is 16.9 Å². The number of hydrogen-bond donors (Lipinski definition) is 1. The SMILES string of the molecule is CC(C)c1nnc(-c2cc3ccccc3n2CC(=O)O)o1. The van der Waals surface area contributed by atoms with E-state index in [1.165, 1.54) is 0 Å². The van der Waals surface area contributed by atoms with Crippen LogP contribution in [0.15, 0.2) is 34.7 Å². The van der Waals surface area contributed by atoms with E-state index in [1.807, 2.05) is 44.2 Å². The van der Waals surface area contributed by atoms with Crippen LogP contribution >= 0.6 is 0 Å². The lowest BCUT2D eigenvalue weighted by molar-refractivity contribution is -0.137. The van der Waals surface area contributed by atoms with Crippen molar-refractivity contribution in [2.75, 3.05) is 0 Å². The number of benzene rings is 1. The van der Waals surface area contributed by atoms with E-state index in [2.05, 4.69) is 10.2 Å². The number of rotatable bonds is 4. The minimum atomic E-state index is -0.916. The van der Waals surface area contributed by atoms with E-state index in [0.717, 1.165) is 10.9 Å². The van der Waals surface area contributed by atoms with Crippen molar-refractivity contribution in [1.82, 2.24) is 14.8 Å². The van der Waals surface area contributed by atoms with Gasteiger partial charge >= 0.3 is 5.97 Å². The molecule has 0 aliphatic rings. The Morgan fingerprint density at radius 1 is 1.33 bits per heavy atom. The first-order valence-corrected chi connectivity index (χ1v) is 6.70. The highest BCUT2D eigenvalue weighted by molar-refractivity contribution is 5.87. The summed E-state index contributed by atoms with van der Waals surface area (Å²) in [6.07, 6.45) is 0. The van der Waals surface area contributed by atoms with Crippen LogP contribution in [-0.2, 0) is 11.3 Å². The monoisotopic (exact) mass is 285 g/mol. The zero-order valence-corrected chi connectivity index (χ0v) is 11.8. The van der Waals surface area contributed by atoms with Gasteiger partial charge in [-0.1, -0.05) is 32.0 Å². The summed E-state index contributed by atoms with van der Waals surface area (Å²) in [6.45, 7) is 3.77. The number of carbonyl (C=O) groups is 1. The predicted molar refractivity (Wildman–Crippen MR) is 77.0 cm³/mol. The van der Waals surface area contributed by atoms with Gasteiger partial charge in [0.05, 0.1) is 0 Å². The average molecular weight is 285 g/mol. The Kier molecular flexibility index (Phi) is 3.21. The molecular formula is C15H15N3O3. The Morgan fingerprint density at radius 2 is 2.10 bits per heavy atom. The van der Waals surface area contributed by atoms with Crippen molar-refractivity contribution in [2.45, 2.75) is 26.3 Å². The van der Waals surface area contributed by atoms with Gasteiger partial charge in [-0.25, -0.2) is 0 Å². The number of aromatic nitrogens is 3. The van der Waals surface area contributed by atoms with Crippen LogP contribution < -0.4 is 0 Å². The van der Waals surface area contributed by atoms with E-state index in [4.69, 9.17) is 9.52 Å². The summed E-state index contributed by atoms with van der Waals surface area (Å²) < 4.78 is 7.32. The second-order valence-electron chi connectivity index (χ2n) is 5.17. The molecule has 6 heteroatoms. The van der Waals surface area contributed by atoms with Crippen LogP contribution in [0.1, 0.15) is 25.7 Å². The van der Waals surface area contributed by atoms with Crippen LogP contribution in [0, 0.1) is 0 Å². The van der Waals surface area contributed by atoms with Gasteiger partial charge in [0, 0.05) is 16.8 Å². The largest absolute Gasteiger partial charge is 0.480 e. The van der Waals surface area contributed by atoms with E-state index >= 15 is 0 Å². The molecule has 1 N–H and O–H groups in total. The second-order valence-corrected chi connectivity index (χ2v) is 5.17. The molecule has 2 heterocycles. The highest BCUT2D eigenvalue weighted by atomic mass is 16.4. The smallest absolute Gasteiger partial charge is 0.323 e. The molecule has 21 heavy (non-hydrogen) atoms. The lowest BCUT2D eigenvalue weighted by Crippen LogP contribution is -2.09. The van der Waals surface area contributed by atoms with Gasteiger partial charge in [-0.2, -0.15) is 0 Å². The van der Waals surface area contributed by atoms with E-state index < -0.39 is 5.97 Å². The molecular weight excluding hydrogens is 270 g/mol. The zero-order chi connectivity index (χ0) is 15.0. The van der Waals surface area contributed by atoms with Gasteiger partial charge in [0.15, 0.2) is 0 Å². The quantitative estimate of drug-likeness (QED) is 0.797. The van der Waals surface area contributed by atoms with Gasteiger partial charge in [-0.3, -0.25) is 4.79 Å². The van der Waals surface area contributed by atoms with Gasteiger partial charge in [0.2, 0.25) is 5.89 Å². The Morgan fingerprint density at radius 3 is 2.76 bits per heavy atom. The molecule has 0 fully saturated rings. The molecule has 0 bridgehead atoms. The molecule has 0 unspecified atom stereocenters. The fourth-order valence-electron chi connectivity index (χ4n) is 2.26. The minimum Gasteiger partial charge on any atom is -0.480 e. The molecule has 3 aromatic rings. The fourth-order valence-corrected chi connectivity index (χ4v) is 2.26. The van der Waals surface area contributed by atoms with Crippen LogP contribution in [0.3, 0.4) is 0 Å². The number of carboxylic acids is 1. The number of fused-ring (bicyclic) bond motifs is 1. The summed E-state index contributed by atoms with van der Waals surface area (Å²) in [5.41, 5.74) is 1.46. The first kappa shape index (κ1) is 13.4. The van der Waals surface area contributed by atoms with Crippen molar-refractivity contribution in [3.8, 4) is 11.6 Å². The van der Waals surface area contributed by atoms with Gasteiger partial charge in [0.1, 0.15) is 12.2 Å². The maximum Gasteiger partial charge on any atom is 0.323 e. The molecule has 108 valence electrons. The molecule has 0 aliphatic heterocycles. The van der Waals surface area contributed by atoms with Gasteiger partial charge in [0.25, 0.3) is 5.89 Å². The summed E-state index contributed by atoms with van der Waals surface area (Å²) in [7, 11) is 0. The number of aliphatic carboxylic acids is 1. The Hall–Kier alpha value is -2.63. The molecule has 0 aliphatic carbocycles. The normalized spacial score (nSPS) is 11.4. The Labute approximate surface area is 121 Å². The molecule has 0 spiro atoms. The second kappa shape index (κ2) is 5.05. The molecule has 0 atom stereocenters. The van der Waals surface area contributed by atoms with Crippen molar-refractivity contribution in [1.29, 1.82) is 0 Å². The average Bonchev–Trinajstić information content (AvgIpc) is 3.03. The predicted octanol–water partition coefficient (Wildman–Crippen LogP) is 2.90. The molecule has 1 aromatic carbocycles. The summed E-state index contributed by atoms with van der Waals surface area (Å²) >= 11 is 0. The van der Waals surface area contributed by atoms with E-state index in [9.17, 15) is 4.79 Å². The Bertz CT molecular complexity index is 801. The maximum atomic E-state index is 11.1. The van der Waals surface area contributed by atoms with Crippen LogP contribution in [0.2, 0.25) is 0 Å². The molecule has 3 rings (SSSR count). The van der Waals surface area contributed by atoms with Gasteiger partial charge in [-0.05, 0) is 12.1 Å². The topological polar surface area (TPSA) is 81.2 Å². The third-order valence-corrected chi connectivity index (χ3v) is 3.26. The number of nitrogens with zero attached hydrogens (tertiary/aromatic N) is 3. The number of para-hydroxylation sites is 1. The first-order chi connectivity index (χ1) is 10.1. The first-order valence-electron chi connectivity index (χ1n) is 6.70. The van der Waals surface area contributed by atoms with Crippen molar-refractivity contribution in [2.24, 2.45) is 0 Å². The van der Waals surface area contributed by atoms with Crippen LogP contribution in [0.4, 0.5) is 0 Å². The lowest BCUT2D eigenvalue weighted by atomic mass is 10.2. The van der Waals surface area contributed by atoms with Gasteiger partial charge in [-0.15, -0.1) is 10.2 Å². The standard InChI is InChI=1S/C15H15N3O3/c1-9(2)14-16-17-15(21-14)12-7-10-5-3-4-6-11(10)18(12)8-13(19)20/h3-7,9H,8H2,1-2H3,(H,19,20). The fraction of sp³-hybridized carbons (Fsp3) is 0.267. The Balaban J connectivity index is 2.17. The van der Waals surface area contributed by atoms with Crippen LogP contribution in [0.25, 0.3) is 22.5 Å². The van der Waals surface area contributed by atoms with Crippen LogP contribution in [-0.4, -0.2) is 25.8 Å². The zero-order valence-electron chi connectivity index (χ0n) is 11.8. The molecule has 0 radical (unpaired) electrons. The number of hydrogen-bond acceptors (Lipinski definition) is 4. The molecule has 0 amide bonds. The van der Waals surface area contributed by atoms with Crippen molar-refractivity contribution in [3.63, 3.8) is 0 Å². The molecule has 0 saturated heterocycles. The third kappa shape index (κ3) is 2.40. The van der Waals surface area contributed by atoms with E-state index in [-0.39, 0.29) is 12.5 Å². The third-order valence-electron chi connectivity index (χ3n) is 3.26. The van der Waals surface area contributed by atoms with Crippen molar-refractivity contribution < 1.29 is 14.3 Å². The summed E-state index contributed by atoms with van der Waals surface area (Å²) in [5.74, 6) is 0.0954. The van der Waals surface area contributed by atoms with E-state index in [1.54, 1.807) is 4.57 Å². The highest BCUT2D eigenvalue weighted by Gasteiger charge is 2.18. The molecule has 2 aromatic heterocycles. The minimum absolute atomic E-state index is 0.128. The molecule has 6 nitrogen and oxygen atoms in total. The summed E-state index contributed by atoms with van der Waals surface area (Å²) in [4.78, 5) is 11.1. The van der Waals surface area contributed by atoms with Gasteiger partial charge < -0.3 is 14.1 Å². The number of carboxylic acid groups (broad SMARTS) is 1. The highest BCUT2D eigenvalue weighted by Crippen LogP contribution is 2.28. The van der Waals surface area contributed by atoms with E-state index in [0.29, 0.717) is 17.5 Å². The molecule has 0 saturated carbocycles. The van der Waals surface area contributed by atoms with Crippen LogP contribution in [0.5, 0.6) is 0 Å². The van der Waals surface area contributed by atoms with Crippen molar-refractivity contribution in [3.05, 3.63) is 36.2 Å². The summed E-state index contributed by atoms with van der Waals surface area (Å²) in [5, 5.41) is 18.1. The maximum absolute atomic E-state index is 11.1. The lowest BCUT2D eigenvalue weighted by Gasteiger charge is -2.05. The summed E-state index contributed by atoms with van der Waals surface area (Å²) in [6, 6.07) is 9.46.